The summed E-state index contributed by atoms with van der Waals surface area (Å²) in [5, 5.41) is 3.14. The first-order valence-corrected chi connectivity index (χ1v) is 10.4. The summed E-state index contributed by atoms with van der Waals surface area (Å²) in [5.74, 6) is -0.253. The van der Waals surface area contributed by atoms with Gasteiger partial charge in [-0.3, -0.25) is 19.5 Å². The van der Waals surface area contributed by atoms with Gasteiger partial charge >= 0.3 is 0 Å². The van der Waals surface area contributed by atoms with Crippen molar-refractivity contribution in [1.82, 2.24) is 10.3 Å². The van der Waals surface area contributed by atoms with Crippen LogP contribution in [0.4, 0.5) is 5.69 Å². The fraction of sp³-hybridized carbons (Fsp3) is 0.409. The summed E-state index contributed by atoms with van der Waals surface area (Å²) in [7, 11) is 1.56. The summed E-state index contributed by atoms with van der Waals surface area (Å²) in [6.45, 7) is 0. The molecule has 0 saturated heterocycles. The zero-order chi connectivity index (χ0) is 20.6. The van der Waals surface area contributed by atoms with Gasteiger partial charge in [-0.15, -0.1) is 11.6 Å². The lowest BCUT2D eigenvalue weighted by Crippen LogP contribution is -2.47. The van der Waals surface area contributed by atoms with Gasteiger partial charge in [0.15, 0.2) is 0 Å². The highest BCUT2D eigenvalue weighted by atomic mass is 35.5. The van der Waals surface area contributed by atoms with E-state index < -0.39 is 6.04 Å². The van der Waals surface area contributed by atoms with Crippen molar-refractivity contribution in [1.29, 1.82) is 0 Å². The van der Waals surface area contributed by atoms with Gasteiger partial charge in [-0.05, 0) is 31.0 Å². The molecule has 1 aliphatic rings. The van der Waals surface area contributed by atoms with Crippen LogP contribution in [0, 0.1) is 0 Å². The van der Waals surface area contributed by atoms with Crippen molar-refractivity contribution in [3.8, 4) is 5.75 Å². The van der Waals surface area contributed by atoms with E-state index >= 15 is 0 Å². The Balaban J connectivity index is 2.00. The Hall–Kier alpha value is -2.60. The second-order valence-electron chi connectivity index (χ2n) is 7.13. The highest BCUT2D eigenvalue weighted by Crippen LogP contribution is 2.31. The summed E-state index contributed by atoms with van der Waals surface area (Å²) >= 11 is 5.93. The number of methoxy groups -OCH3 is 1. The molecule has 1 heterocycles. The third kappa shape index (κ3) is 5.26. The molecule has 2 amide bonds. The number of alkyl halides is 1. The van der Waals surface area contributed by atoms with Gasteiger partial charge in [0.1, 0.15) is 17.7 Å². The highest BCUT2D eigenvalue weighted by molar-refractivity contribution is 6.29. The normalized spacial score (nSPS) is 15.4. The molecule has 1 aromatic heterocycles. The van der Waals surface area contributed by atoms with Crippen LogP contribution in [0.2, 0.25) is 0 Å². The molecule has 2 aromatic rings. The largest absolute Gasteiger partial charge is 0.497 e. The van der Waals surface area contributed by atoms with Crippen LogP contribution >= 0.6 is 11.6 Å². The zero-order valence-corrected chi connectivity index (χ0v) is 17.3. The molecule has 1 N–H and O–H groups in total. The van der Waals surface area contributed by atoms with E-state index in [1.165, 1.54) is 11.3 Å². The van der Waals surface area contributed by atoms with Crippen LogP contribution in [0.1, 0.15) is 43.7 Å². The minimum Gasteiger partial charge on any atom is -0.497 e. The quantitative estimate of drug-likeness (QED) is 0.697. The third-order valence-electron chi connectivity index (χ3n) is 5.17. The van der Waals surface area contributed by atoms with E-state index in [1.54, 1.807) is 55.9 Å². The van der Waals surface area contributed by atoms with Gasteiger partial charge in [-0.25, -0.2) is 0 Å². The monoisotopic (exact) mass is 415 g/mol. The number of nitrogens with one attached hydrogen (secondary N) is 1. The van der Waals surface area contributed by atoms with E-state index in [2.05, 4.69) is 10.3 Å². The first-order chi connectivity index (χ1) is 14.1. The molecule has 1 aromatic carbocycles. The summed E-state index contributed by atoms with van der Waals surface area (Å²) in [5.41, 5.74) is 1.17. The summed E-state index contributed by atoms with van der Waals surface area (Å²) in [6.07, 6.45) is 8.55. The van der Waals surface area contributed by atoms with Gasteiger partial charge in [-0.1, -0.05) is 31.4 Å². The number of hydrogen-bond acceptors (Lipinski definition) is 4. The summed E-state index contributed by atoms with van der Waals surface area (Å²) < 4.78 is 5.30. The van der Waals surface area contributed by atoms with Gasteiger partial charge in [0, 0.05) is 35.8 Å². The topological polar surface area (TPSA) is 71.5 Å². The third-order valence-corrected chi connectivity index (χ3v) is 5.40. The number of hydrogen-bond donors (Lipinski definition) is 1. The number of anilines is 1. The molecule has 7 heteroatoms. The van der Waals surface area contributed by atoms with E-state index in [0.29, 0.717) is 17.0 Å². The fourth-order valence-corrected chi connectivity index (χ4v) is 3.87. The van der Waals surface area contributed by atoms with Crippen LogP contribution in [0.3, 0.4) is 0 Å². The Labute approximate surface area is 176 Å². The number of ether oxygens (including phenoxy) is 1. The average molecular weight is 416 g/mol. The summed E-state index contributed by atoms with van der Waals surface area (Å²) in [6, 6.07) is 9.86. The Bertz CT molecular complexity index is 825. The fourth-order valence-electron chi connectivity index (χ4n) is 3.74. The molecule has 1 aliphatic carbocycles. The van der Waals surface area contributed by atoms with E-state index in [4.69, 9.17) is 16.3 Å². The minimum atomic E-state index is -0.871. The predicted molar refractivity (Wildman–Crippen MR) is 113 cm³/mol. The Kier molecular flexibility index (Phi) is 7.47. The van der Waals surface area contributed by atoms with Gasteiger partial charge in [0.05, 0.1) is 7.11 Å². The molecule has 1 fully saturated rings. The van der Waals surface area contributed by atoms with E-state index in [-0.39, 0.29) is 23.7 Å². The SMILES string of the molecule is COc1cccc(N(C(=O)CCl)[C@@H](C(=O)NC2CCCCC2)c2cccnc2)c1. The van der Waals surface area contributed by atoms with E-state index in [1.807, 2.05) is 0 Å². The summed E-state index contributed by atoms with van der Waals surface area (Å²) in [4.78, 5) is 31.9. The molecule has 0 aliphatic heterocycles. The number of aromatic nitrogens is 1. The molecular weight excluding hydrogens is 390 g/mol. The molecule has 154 valence electrons. The van der Waals surface area contributed by atoms with Gasteiger partial charge < -0.3 is 10.1 Å². The average Bonchev–Trinajstić information content (AvgIpc) is 2.78. The zero-order valence-electron chi connectivity index (χ0n) is 16.5. The molecule has 6 nitrogen and oxygen atoms in total. The second kappa shape index (κ2) is 10.3. The van der Waals surface area contributed by atoms with Crippen molar-refractivity contribution < 1.29 is 14.3 Å². The van der Waals surface area contributed by atoms with Crippen LogP contribution in [0.15, 0.2) is 48.8 Å². The molecule has 0 unspecified atom stereocenters. The number of rotatable bonds is 7. The van der Waals surface area contributed by atoms with Crippen molar-refractivity contribution in [2.75, 3.05) is 17.9 Å². The highest BCUT2D eigenvalue weighted by Gasteiger charge is 2.34. The maximum Gasteiger partial charge on any atom is 0.248 e. The van der Waals surface area contributed by atoms with Crippen molar-refractivity contribution in [2.24, 2.45) is 0 Å². The number of carbonyl (C=O) groups excluding carboxylic acids is 2. The van der Waals surface area contributed by atoms with Crippen molar-refractivity contribution in [2.45, 2.75) is 44.2 Å². The van der Waals surface area contributed by atoms with Crippen molar-refractivity contribution in [3.63, 3.8) is 0 Å². The van der Waals surface area contributed by atoms with Crippen LogP contribution in [-0.2, 0) is 9.59 Å². The number of nitrogens with zero attached hydrogens (tertiary/aromatic N) is 2. The number of amides is 2. The predicted octanol–water partition coefficient (Wildman–Crippen LogP) is 3.85. The number of halogens is 1. The van der Waals surface area contributed by atoms with Crippen molar-refractivity contribution >= 4 is 29.1 Å². The van der Waals surface area contributed by atoms with Crippen LogP contribution in [0.25, 0.3) is 0 Å². The van der Waals surface area contributed by atoms with Crippen LogP contribution in [-0.4, -0.2) is 35.8 Å². The molecule has 29 heavy (non-hydrogen) atoms. The Morgan fingerprint density at radius 2 is 2.03 bits per heavy atom. The maximum atomic E-state index is 13.4. The lowest BCUT2D eigenvalue weighted by atomic mass is 9.94. The lowest BCUT2D eigenvalue weighted by Gasteiger charge is -2.33. The number of carbonyl (C=O) groups is 2. The molecule has 1 atom stereocenters. The first kappa shape index (κ1) is 21.1. The van der Waals surface area contributed by atoms with Crippen LogP contribution in [0.5, 0.6) is 5.75 Å². The molecule has 0 spiro atoms. The first-order valence-electron chi connectivity index (χ1n) is 9.86. The van der Waals surface area contributed by atoms with Crippen molar-refractivity contribution in [3.05, 3.63) is 54.4 Å². The van der Waals surface area contributed by atoms with Gasteiger partial charge in [-0.2, -0.15) is 0 Å². The van der Waals surface area contributed by atoms with E-state index in [9.17, 15) is 9.59 Å². The molecule has 3 rings (SSSR count). The van der Waals surface area contributed by atoms with Crippen LogP contribution < -0.4 is 15.0 Å². The molecule has 0 radical (unpaired) electrons. The van der Waals surface area contributed by atoms with E-state index in [0.717, 1.165) is 25.7 Å². The number of benzene rings is 1. The van der Waals surface area contributed by atoms with Gasteiger partial charge in [0.2, 0.25) is 11.8 Å². The lowest BCUT2D eigenvalue weighted by molar-refractivity contribution is -0.126. The minimum absolute atomic E-state index is 0.119. The second-order valence-corrected chi connectivity index (χ2v) is 7.40. The smallest absolute Gasteiger partial charge is 0.248 e. The maximum absolute atomic E-state index is 13.4. The van der Waals surface area contributed by atoms with Gasteiger partial charge in [0.25, 0.3) is 0 Å². The molecular formula is C22H26ClN3O3. The Morgan fingerprint density at radius 1 is 1.24 bits per heavy atom. The molecule has 0 bridgehead atoms. The molecule has 1 saturated carbocycles. The number of pyridine rings is 1. The Morgan fingerprint density at radius 3 is 2.69 bits per heavy atom. The standard InChI is InChI=1S/C22H26ClN3O3/c1-29-19-11-5-10-18(13-19)26(20(27)14-23)21(16-7-6-12-24-15-16)22(28)25-17-8-3-2-4-9-17/h5-7,10-13,15,17,21H,2-4,8-9,14H2,1H3,(H,25,28)/t21-/m1/s1.